The number of aryl methyl sites for hydroxylation is 1. The van der Waals surface area contributed by atoms with E-state index in [4.69, 9.17) is 15.5 Å². The van der Waals surface area contributed by atoms with Crippen LogP contribution in [-0.2, 0) is 19.5 Å². The molecule has 2 aromatic heterocycles. The summed E-state index contributed by atoms with van der Waals surface area (Å²) in [6, 6.07) is 20.1. The Kier molecular flexibility index (Phi) is 6.56. The maximum Gasteiger partial charge on any atom is 0.250 e. The Labute approximate surface area is 191 Å². The van der Waals surface area contributed by atoms with E-state index in [1.54, 1.807) is 18.4 Å². The number of hydrogen-bond acceptors (Lipinski definition) is 5. The van der Waals surface area contributed by atoms with Crippen LogP contribution in [0.1, 0.15) is 27.2 Å². The summed E-state index contributed by atoms with van der Waals surface area (Å²) in [7, 11) is 1.66. The van der Waals surface area contributed by atoms with E-state index in [-0.39, 0.29) is 0 Å². The first kappa shape index (κ1) is 21.6. The number of carbonyl (C=O) groups is 1. The third-order valence-electron chi connectivity index (χ3n) is 5.47. The summed E-state index contributed by atoms with van der Waals surface area (Å²) in [6.07, 6.45) is 0.813. The molecular formula is C25H26N4O2S. The lowest BCUT2D eigenvalue weighted by Crippen LogP contribution is -2.13. The zero-order chi connectivity index (χ0) is 22.5. The van der Waals surface area contributed by atoms with Gasteiger partial charge in [0.25, 0.3) is 5.91 Å². The average Bonchev–Trinajstić information content (AvgIpc) is 3.41. The van der Waals surface area contributed by atoms with Crippen molar-refractivity contribution in [1.29, 1.82) is 0 Å². The highest BCUT2D eigenvalue weighted by molar-refractivity contribution is 7.14. The predicted molar refractivity (Wildman–Crippen MR) is 129 cm³/mol. The molecule has 32 heavy (non-hydrogen) atoms. The molecular weight excluding hydrogens is 420 g/mol. The lowest BCUT2D eigenvalue weighted by Gasteiger charge is -2.11. The van der Waals surface area contributed by atoms with Crippen LogP contribution < -0.4 is 15.8 Å². The van der Waals surface area contributed by atoms with Crippen LogP contribution in [0.25, 0.3) is 11.4 Å². The van der Waals surface area contributed by atoms with E-state index in [1.165, 1.54) is 11.1 Å². The van der Waals surface area contributed by atoms with Gasteiger partial charge < -0.3 is 20.4 Å². The SMILES string of the molecule is COc1ccc(CCn2c(-c3csc(NCc4ccccc4)n3)cc(C(N)=O)c2C)cc1. The molecule has 1 amide bonds. The third-order valence-corrected chi connectivity index (χ3v) is 6.27. The molecule has 2 aromatic carbocycles. The number of nitrogens with two attached hydrogens (primary N) is 1. The molecule has 2 heterocycles. The van der Waals surface area contributed by atoms with Gasteiger partial charge in [-0.1, -0.05) is 42.5 Å². The van der Waals surface area contributed by atoms with Crippen molar-refractivity contribution < 1.29 is 9.53 Å². The third kappa shape index (κ3) is 4.84. The molecule has 0 saturated heterocycles. The number of rotatable bonds is 9. The summed E-state index contributed by atoms with van der Waals surface area (Å²) in [5.41, 5.74) is 11.1. The van der Waals surface area contributed by atoms with Crippen molar-refractivity contribution in [2.75, 3.05) is 12.4 Å². The number of ether oxygens (including phenoxy) is 1. The highest BCUT2D eigenvalue weighted by atomic mass is 32.1. The number of carbonyl (C=O) groups excluding carboxylic acids is 1. The maximum absolute atomic E-state index is 12.0. The fourth-order valence-electron chi connectivity index (χ4n) is 3.67. The Morgan fingerprint density at radius 2 is 1.88 bits per heavy atom. The van der Waals surface area contributed by atoms with Gasteiger partial charge in [0.2, 0.25) is 0 Å². The molecule has 7 heteroatoms. The van der Waals surface area contributed by atoms with Crippen molar-refractivity contribution in [2.24, 2.45) is 5.73 Å². The Hall–Kier alpha value is -3.58. The van der Waals surface area contributed by atoms with Crippen molar-refractivity contribution >= 4 is 22.4 Å². The Balaban J connectivity index is 1.55. The molecule has 0 spiro atoms. The molecule has 6 nitrogen and oxygen atoms in total. The lowest BCUT2D eigenvalue weighted by molar-refractivity contribution is 0.0999. The highest BCUT2D eigenvalue weighted by Crippen LogP contribution is 2.29. The molecule has 0 aliphatic rings. The van der Waals surface area contributed by atoms with Crippen LogP contribution in [0.3, 0.4) is 0 Å². The molecule has 0 radical (unpaired) electrons. The van der Waals surface area contributed by atoms with Crippen LogP contribution in [0.2, 0.25) is 0 Å². The van der Waals surface area contributed by atoms with E-state index in [2.05, 4.69) is 34.1 Å². The summed E-state index contributed by atoms with van der Waals surface area (Å²) < 4.78 is 7.36. The second kappa shape index (κ2) is 9.70. The van der Waals surface area contributed by atoms with Crippen LogP contribution in [0.15, 0.2) is 66.0 Å². The number of nitrogens with one attached hydrogen (secondary N) is 1. The molecule has 0 aliphatic carbocycles. The van der Waals surface area contributed by atoms with E-state index < -0.39 is 5.91 Å². The van der Waals surface area contributed by atoms with Gasteiger partial charge in [-0.05, 0) is 42.7 Å². The van der Waals surface area contributed by atoms with Crippen molar-refractivity contribution in [3.05, 3.63) is 88.4 Å². The molecule has 0 saturated carbocycles. The standard InChI is InChI=1S/C25H26N4O2S/c1-17-21(24(26)30)14-23(29(17)13-12-18-8-10-20(31-2)11-9-18)22-16-32-25(28-22)27-15-19-6-4-3-5-7-19/h3-11,14,16H,12-13,15H2,1-2H3,(H2,26,30)(H,27,28). The molecule has 3 N–H and O–H groups in total. The van der Waals surface area contributed by atoms with E-state index in [0.717, 1.165) is 34.4 Å². The molecule has 4 aromatic rings. The number of nitrogens with zero attached hydrogens (tertiary/aromatic N) is 2. The fraction of sp³-hybridized carbons (Fsp3) is 0.200. The summed E-state index contributed by atoms with van der Waals surface area (Å²) in [4.78, 5) is 16.8. The number of amides is 1. The molecule has 0 bridgehead atoms. The first-order valence-electron chi connectivity index (χ1n) is 10.4. The van der Waals surface area contributed by atoms with Gasteiger partial charge in [0.05, 0.1) is 24.1 Å². The number of methoxy groups -OCH3 is 1. The number of hydrogen-bond donors (Lipinski definition) is 2. The largest absolute Gasteiger partial charge is 0.497 e. The monoisotopic (exact) mass is 446 g/mol. The van der Waals surface area contributed by atoms with Gasteiger partial charge in [-0.2, -0.15) is 0 Å². The number of benzene rings is 2. The summed E-state index contributed by atoms with van der Waals surface area (Å²) in [6.45, 7) is 3.35. The summed E-state index contributed by atoms with van der Waals surface area (Å²) in [5.74, 6) is 0.408. The molecule has 164 valence electrons. The van der Waals surface area contributed by atoms with Gasteiger partial charge in [-0.3, -0.25) is 4.79 Å². The first-order chi connectivity index (χ1) is 15.5. The topological polar surface area (TPSA) is 82.2 Å². The van der Waals surface area contributed by atoms with Gasteiger partial charge in [0.15, 0.2) is 5.13 Å². The van der Waals surface area contributed by atoms with Crippen molar-refractivity contribution in [3.63, 3.8) is 0 Å². The van der Waals surface area contributed by atoms with Crippen LogP contribution in [0.5, 0.6) is 5.75 Å². The van der Waals surface area contributed by atoms with Crippen LogP contribution >= 0.6 is 11.3 Å². The van der Waals surface area contributed by atoms with Gasteiger partial charge >= 0.3 is 0 Å². The zero-order valence-electron chi connectivity index (χ0n) is 18.2. The number of thiazole rings is 1. The number of anilines is 1. The van der Waals surface area contributed by atoms with Crippen molar-refractivity contribution in [2.45, 2.75) is 26.4 Å². The number of primary amides is 1. The predicted octanol–water partition coefficient (Wildman–Crippen LogP) is 4.88. The molecule has 0 fully saturated rings. The minimum Gasteiger partial charge on any atom is -0.497 e. The second-order valence-corrected chi connectivity index (χ2v) is 8.38. The quantitative estimate of drug-likeness (QED) is 0.384. The molecule has 0 aliphatic heterocycles. The number of aromatic nitrogens is 2. The fourth-order valence-corrected chi connectivity index (χ4v) is 4.38. The summed E-state index contributed by atoms with van der Waals surface area (Å²) >= 11 is 1.55. The van der Waals surface area contributed by atoms with Crippen LogP contribution in [0, 0.1) is 6.92 Å². The van der Waals surface area contributed by atoms with Crippen molar-refractivity contribution in [1.82, 2.24) is 9.55 Å². The van der Waals surface area contributed by atoms with E-state index in [9.17, 15) is 4.79 Å². The minimum absolute atomic E-state index is 0.426. The zero-order valence-corrected chi connectivity index (χ0v) is 19.0. The Morgan fingerprint density at radius 1 is 1.12 bits per heavy atom. The van der Waals surface area contributed by atoms with Crippen LogP contribution in [-0.4, -0.2) is 22.6 Å². The van der Waals surface area contributed by atoms with E-state index >= 15 is 0 Å². The van der Waals surface area contributed by atoms with Gasteiger partial charge in [-0.15, -0.1) is 11.3 Å². The normalized spacial score (nSPS) is 10.8. The lowest BCUT2D eigenvalue weighted by atomic mass is 10.1. The summed E-state index contributed by atoms with van der Waals surface area (Å²) in [5, 5.41) is 6.23. The highest BCUT2D eigenvalue weighted by Gasteiger charge is 2.18. The van der Waals surface area contributed by atoms with E-state index in [0.29, 0.717) is 18.7 Å². The second-order valence-electron chi connectivity index (χ2n) is 7.52. The van der Waals surface area contributed by atoms with Crippen molar-refractivity contribution in [3.8, 4) is 17.1 Å². The molecule has 4 rings (SSSR count). The van der Waals surface area contributed by atoms with Crippen LogP contribution in [0.4, 0.5) is 5.13 Å². The molecule has 0 atom stereocenters. The minimum atomic E-state index is -0.426. The first-order valence-corrected chi connectivity index (χ1v) is 11.3. The van der Waals surface area contributed by atoms with Gasteiger partial charge in [-0.25, -0.2) is 4.98 Å². The molecule has 0 unspecified atom stereocenters. The average molecular weight is 447 g/mol. The Morgan fingerprint density at radius 3 is 2.56 bits per heavy atom. The maximum atomic E-state index is 12.0. The van der Waals surface area contributed by atoms with Gasteiger partial charge in [0, 0.05) is 24.2 Å². The smallest absolute Gasteiger partial charge is 0.250 e. The van der Waals surface area contributed by atoms with Gasteiger partial charge in [0.1, 0.15) is 5.75 Å². The Bertz CT molecular complexity index is 1200. The van der Waals surface area contributed by atoms with E-state index in [1.807, 2.05) is 48.7 Å².